The number of methoxy groups -OCH3 is 1. The van der Waals surface area contributed by atoms with E-state index in [-0.39, 0.29) is 57.0 Å². The van der Waals surface area contributed by atoms with Crippen LogP contribution in [0.4, 0.5) is 20.2 Å². The molecule has 3 heterocycles. The molecule has 1 aromatic heterocycles. The molecule has 0 radical (unpaired) electrons. The Morgan fingerprint density at radius 3 is 2.04 bits per heavy atom. The summed E-state index contributed by atoms with van der Waals surface area (Å²) in [6.45, 7) is 2.03. The third kappa shape index (κ3) is 12.0. The van der Waals surface area contributed by atoms with Crippen molar-refractivity contribution >= 4 is 43.6 Å². The number of nitrogens with one attached hydrogen (secondary N) is 1. The van der Waals surface area contributed by atoms with Crippen LogP contribution in [0.5, 0.6) is 0 Å². The predicted octanol–water partition coefficient (Wildman–Crippen LogP) is 2.78. The van der Waals surface area contributed by atoms with E-state index in [0.717, 1.165) is 11.3 Å². The average Bonchev–Trinajstić information content (AvgIpc) is 3.64. The average molecular weight is 767 g/mol. The van der Waals surface area contributed by atoms with E-state index in [1.165, 1.54) is 24.8 Å². The van der Waals surface area contributed by atoms with Gasteiger partial charge in [0.1, 0.15) is 17.6 Å². The number of amides is 3. The molecule has 4 rings (SSSR count). The van der Waals surface area contributed by atoms with Crippen LogP contribution < -0.4 is 10.2 Å². The Morgan fingerprint density at radius 2 is 1.49 bits per heavy atom. The summed E-state index contributed by atoms with van der Waals surface area (Å²) in [5.74, 6) is -0.950. The second-order valence-corrected chi connectivity index (χ2v) is 13.6. The van der Waals surface area contributed by atoms with Crippen molar-refractivity contribution in [3.05, 3.63) is 42.1 Å². The van der Waals surface area contributed by atoms with Crippen molar-refractivity contribution < 1.29 is 66.4 Å². The topological polar surface area (TPSA) is 235 Å². The van der Waals surface area contributed by atoms with E-state index in [1.807, 2.05) is 11.0 Å². The zero-order chi connectivity index (χ0) is 38.4. The Hall–Kier alpha value is -5.04. The number of anilines is 1. The van der Waals surface area contributed by atoms with Crippen molar-refractivity contribution in [2.24, 2.45) is 0 Å². The Labute approximate surface area is 305 Å². The van der Waals surface area contributed by atoms with Gasteiger partial charge in [0.05, 0.1) is 25.5 Å². The number of nitrogens with zero attached hydrogens (tertiary/aromatic N) is 5. The lowest BCUT2D eigenvalue weighted by molar-refractivity contribution is -0.134. The van der Waals surface area contributed by atoms with E-state index in [9.17, 15) is 33.6 Å². The highest BCUT2D eigenvalue weighted by Gasteiger charge is 2.39. The van der Waals surface area contributed by atoms with Gasteiger partial charge in [-0.2, -0.15) is 0 Å². The maximum Gasteiger partial charge on any atom is 0.510 e. The van der Waals surface area contributed by atoms with Crippen molar-refractivity contribution in [3.63, 3.8) is 0 Å². The summed E-state index contributed by atoms with van der Waals surface area (Å²) in [5.41, 5.74) is 0.487. The number of ether oxygens (including phenoxy) is 5. The Morgan fingerprint density at radius 1 is 0.887 bits per heavy atom. The van der Waals surface area contributed by atoms with Gasteiger partial charge in [0.2, 0.25) is 19.5 Å². The quantitative estimate of drug-likeness (QED) is 0.142. The molecule has 1 aromatic carbocycles. The number of rotatable bonds is 16. The molecule has 2 fully saturated rings. The van der Waals surface area contributed by atoms with Gasteiger partial charge in [-0.1, -0.05) is 30.3 Å². The molecular formula is C32H43N6O14P. The molecule has 0 unspecified atom stereocenters. The maximum absolute atomic E-state index is 14.1. The molecule has 2 aliphatic heterocycles. The molecule has 0 spiro atoms. The number of piperazine rings is 1. The minimum absolute atomic E-state index is 0.0266. The van der Waals surface area contributed by atoms with Crippen LogP contribution in [0.15, 0.2) is 36.4 Å². The first-order chi connectivity index (χ1) is 25.4. The van der Waals surface area contributed by atoms with Gasteiger partial charge in [-0.15, -0.1) is 0 Å². The van der Waals surface area contributed by atoms with Crippen molar-refractivity contribution in [3.8, 4) is 11.4 Å². The molecule has 53 heavy (non-hydrogen) atoms. The molecule has 2 saturated heterocycles. The summed E-state index contributed by atoms with van der Waals surface area (Å²) in [7, 11) is -2.98. The van der Waals surface area contributed by atoms with E-state index in [0.29, 0.717) is 24.5 Å². The standard InChI is InChI=1S/C32H43N6O14P/c1-4-47-31(43)49-20-51-53(45,52-21-50-32(44)48-5-2)19-25(29(40)36-13-15-37(16-14-36)30(41)42)34-28(39)24-17-26(38-12-11-23(18-38)46-3)35-27(33-24)22-9-7-6-8-10-22/h6-10,17,23,25H,4-5,11-16,18-21H2,1-3H3,(H,34,39)(H,41,42)/t23-,25-/m0/s1. The van der Waals surface area contributed by atoms with Gasteiger partial charge in [0.25, 0.3) is 5.91 Å². The minimum atomic E-state index is -4.59. The molecule has 0 aliphatic carbocycles. The van der Waals surface area contributed by atoms with Crippen molar-refractivity contribution in [2.75, 3.05) is 84.2 Å². The lowest BCUT2D eigenvalue weighted by Gasteiger charge is -2.35. The van der Waals surface area contributed by atoms with Gasteiger partial charge in [-0.25, -0.2) is 24.4 Å². The van der Waals surface area contributed by atoms with Crippen molar-refractivity contribution in [1.82, 2.24) is 25.1 Å². The molecule has 2 aliphatic rings. The number of hydrogen-bond acceptors (Lipinski definition) is 16. The largest absolute Gasteiger partial charge is 0.510 e. The molecule has 2 N–H and O–H groups in total. The molecular weight excluding hydrogens is 723 g/mol. The van der Waals surface area contributed by atoms with Crippen LogP contribution >= 0.6 is 7.60 Å². The van der Waals surface area contributed by atoms with Gasteiger partial charge in [-0.3, -0.25) is 23.2 Å². The Kier molecular flexibility index (Phi) is 15.1. The normalized spacial score (nSPS) is 16.4. The van der Waals surface area contributed by atoms with Gasteiger partial charge in [-0.05, 0) is 20.3 Å². The van der Waals surface area contributed by atoms with Crippen LogP contribution in [0, 0.1) is 0 Å². The number of carbonyl (C=O) groups excluding carboxylic acids is 4. The second-order valence-electron chi connectivity index (χ2n) is 11.5. The molecule has 290 valence electrons. The van der Waals surface area contributed by atoms with E-state index >= 15 is 0 Å². The van der Waals surface area contributed by atoms with Gasteiger partial charge < -0.3 is 48.8 Å². The molecule has 2 aromatic rings. The summed E-state index contributed by atoms with van der Waals surface area (Å²) >= 11 is 0. The van der Waals surface area contributed by atoms with E-state index in [1.54, 1.807) is 31.4 Å². The Balaban J connectivity index is 1.65. The van der Waals surface area contributed by atoms with Crippen molar-refractivity contribution in [1.29, 1.82) is 0 Å². The van der Waals surface area contributed by atoms with Crippen LogP contribution in [0.25, 0.3) is 11.4 Å². The smallest absolute Gasteiger partial charge is 0.465 e. The van der Waals surface area contributed by atoms with Crippen LogP contribution in [0.1, 0.15) is 30.8 Å². The number of aromatic nitrogens is 2. The first kappa shape index (κ1) is 40.7. The van der Waals surface area contributed by atoms with Gasteiger partial charge in [0, 0.05) is 58.0 Å². The van der Waals surface area contributed by atoms with Gasteiger partial charge in [0.15, 0.2) is 5.82 Å². The highest BCUT2D eigenvalue weighted by Crippen LogP contribution is 2.49. The summed E-state index contributed by atoms with van der Waals surface area (Å²) < 4.78 is 49.1. The molecule has 21 heteroatoms. The zero-order valence-electron chi connectivity index (χ0n) is 29.5. The molecule has 0 saturated carbocycles. The Bertz CT molecular complexity index is 1600. The van der Waals surface area contributed by atoms with E-state index in [2.05, 4.69) is 19.8 Å². The van der Waals surface area contributed by atoms with Crippen LogP contribution in [0.3, 0.4) is 0 Å². The number of carbonyl (C=O) groups is 5. The fourth-order valence-electron chi connectivity index (χ4n) is 5.31. The zero-order valence-corrected chi connectivity index (χ0v) is 30.4. The lowest BCUT2D eigenvalue weighted by atomic mass is 10.2. The second kappa shape index (κ2) is 19.7. The first-order valence-electron chi connectivity index (χ1n) is 16.7. The van der Waals surface area contributed by atoms with Crippen LogP contribution in [0.2, 0.25) is 0 Å². The summed E-state index contributed by atoms with van der Waals surface area (Å²) in [4.78, 5) is 76.7. The minimum Gasteiger partial charge on any atom is -0.465 e. The predicted molar refractivity (Wildman–Crippen MR) is 183 cm³/mol. The summed E-state index contributed by atoms with van der Waals surface area (Å²) in [6.07, 6.45) is -3.64. The highest BCUT2D eigenvalue weighted by molar-refractivity contribution is 7.54. The maximum atomic E-state index is 14.1. The third-order valence-corrected chi connectivity index (χ3v) is 9.84. The SMILES string of the molecule is CCOC(=O)OCOP(=O)(C[C@H](NC(=O)c1cc(N2CC[C@H](OC)C2)nc(-c2ccccc2)n1)C(=O)N1CCN(C(=O)O)CC1)OCOC(=O)OCC. The van der Waals surface area contributed by atoms with E-state index < -0.39 is 63.6 Å². The summed E-state index contributed by atoms with van der Waals surface area (Å²) in [6, 6.07) is 8.75. The van der Waals surface area contributed by atoms with Crippen molar-refractivity contribution in [2.45, 2.75) is 32.4 Å². The molecule has 2 atom stereocenters. The number of benzene rings is 1. The fraction of sp³-hybridized carbons (Fsp3) is 0.531. The molecule has 0 bridgehead atoms. The van der Waals surface area contributed by atoms with Gasteiger partial charge >= 0.3 is 26.0 Å². The monoisotopic (exact) mass is 766 g/mol. The summed E-state index contributed by atoms with van der Waals surface area (Å²) in [5, 5.41) is 12.0. The van der Waals surface area contributed by atoms with Crippen LogP contribution in [-0.4, -0.2) is 147 Å². The number of carboxylic acid groups (broad SMARTS) is 1. The molecule has 3 amide bonds. The van der Waals surface area contributed by atoms with E-state index in [4.69, 9.17) is 28.2 Å². The number of hydrogen-bond donors (Lipinski definition) is 2. The third-order valence-electron chi connectivity index (χ3n) is 8.03. The van der Waals surface area contributed by atoms with Crippen LogP contribution in [-0.2, 0) is 42.1 Å². The lowest BCUT2D eigenvalue weighted by Crippen LogP contribution is -2.56. The highest BCUT2D eigenvalue weighted by atomic mass is 31.2. The first-order valence-corrected chi connectivity index (χ1v) is 18.4. The fourth-order valence-corrected chi connectivity index (χ4v) is 6.72. The molecule has 20 nitrogen and oxygen atoms in total.